The number of rotatable bonds is 5. The summed E-state index contributed by atoms with van der Waals surface area (Å²) in [5, 5.41) is 3.47. The number of carbonyl (C=O) groups excluding carboxylic acids is 1. The van der Waals surface area contributed by atoms with Gasteiger partial charge >= 0.3 is 0 Å². The molecule has 0 radical (unpaired) electrons. The lowest BCUT2D eigenvalue weighted by Crippen LogP contribution is -2.54. The van der Waals surface area contributed by atoms with E-state index in [1.165, 1.54) is 19.3 Å². The van der Waals surface area contributed by atoms with E-state index >= 15 is 0 Å². The van der Waals surface area contributed by atoms with Gasteiger partial charge in [-0.15, -0.1) is 0 Å². The van der Waals surface area contributed by atoms with E-state index in [-0.39, 0.29) is 5.54 Å². The van der Waals surface area contributed by atoms with Crippen molar-refractivity contribution in [1.82, 2.24) is 10.2 Å². The van der Waals surface area contributed by atoms with Crippen molar-refractivity contribution >= 4 is 5.91 Å². The number of carbonyl (C=O) groups is 1. The molecule has 3 heteroatoms. The zero-order valence-corrected chi connectivity index (χ0v) is 11.3. The van der Waals surface area contributed by atoms with Crippen molar-refractivity contribution < 1.29 is 4.79 Å². The maximum absolute atomic E-state index is 12.6. The van der Waals surface area contributed by atoms with Crippen LogP contribution in [0.2, 0.25) is 0 Å². The van der Waals surface area contributed by atoms with E-state index in [9.17, 15) is 4.79 Å². The van der Waals surface area contributed by atoms with Crippen molar-refractivity contribution in [2.24, 2.45) is 5.92 Å². The average Bonchev–Trinajstić information content (AvgIpc) is 2.72. The second-order valence-corrected chi connectivity index (χ2v) is 5.85. The first kappa shape index (κ1) is 12.9. The average molecular weight is 238 g/mol. The first-order valence-electron chi connectivity index (χ1n) is 7.18. The van der Waals surface area contributed by atoms with Gasteiger partial charge in [-0.25, -0.2) is 0 Å². The van der Waals surface area contributed by atoms with Gasteiger partial charge in [-0.3, -0.25) is 4.79 Å². The second-order valence-electron chi connectivity index (χ2n) is 5.85. The molecule has 98 valence electrons. The van der Waals surface area contributed by atoms with Crippen molar-refractivity contribution in [3.05, 3.63) is 0 Å². The van der Waals surface area contributed by atoms with Gasteiger partial charge in [0, 0.05) is 13.6 Å². The Morgan fingerprint density at radius 3 is 2.65 bits per heavy atom. The maximum atomic E-state index is 12.6. The minimum Gasteiger partial charge on any atom is -0.344 e. The van der Waals surface area contributed by atoms with Crippen LogP contribution in [0.15, 0.2) is 0 Å². The summed E-state index contributed by atoms with van der Waals surface area (Å²) < 4.78 is 0. The van der Waals surface area contributed by atoms with Gasteiger partial charge in [0.05, 0.1) is 5.54 Å². The van der Waals surface area contributed by atoms with Crippen LogP contribution >= 0.6 is 0 Å². The van der Waals surface area contributed by atoms with Crippen LogP contribution in [0.4, 0.5) is 0 Å². The van der Waals surface area contributed by atoms with Gasteiger partial charge in [-0.1, -0.05) is 19.8 Å². The van der Waals surface area contributed by atoms with Gasteiger partial charge in [0.25, 0.3) is 0 Å². The van der Waals surface area contributed by atoms with Crippen molar-refractivity contribution in [1.29, 1.82) is 0 Å². The van der Waals surface area contributed by atoms with Gasteiger partial charge in [-0.05, 0) is 44.6 Å². The number of nitrogens with one attached hydrogen (secondary N) is 1. The maximum Gasteiger partial charge on any atom is 0.242 e. The molecule has 0 spiro atoms. The number of amides is 1. The van der Waals surface area contributed by atoms with E-state index in [1.54, 1.807) is 0 Å². The predicted octanol–water partition coefficient (Wildman–Crippen LogP) is 2.17. The lowest BCUT2D eigenvalue weighted by molar-refractivity contribution is -0.137. The third-order valence-corrected chi connectivity index (χ3v) is 4.43. The summed E-state index contributed by atoms with van der Waals surface area (Å²) in [7, 11) is 1.98. The summed E-state index contributed by atoms with van der Waals surface area (Å²) in [5.74, 6) is 1.10. The molecule has 1 N–H and O–H groups in total. The van der Waals surface area contributed by atoms with Crippen LogP contribution in [0.25, 0.3) is 0 Å². The minimum absolute atomic E-state index is 0.229. The molecular formula is C14H26N2O. The molecule has 1 aliphatic carbocycles. The second kappa shape index (κ2) is 5.38. The summed E-state index contributed by atoms with van der Waals surface area (Å²) in [6.07, 6.45) is 8.21. The fraction of sp³-hybridized carbons (Fsp3) is 0.929. The summed E-state index contributed by atoms with van der Waals surface area (Å²) >= 11 is 0. The van der Waals surface area contributed by atoms with Crippen molar-refractivity contribution in [2.45, 2.75) is 57.4 Å². The van der Waals surface area contributed by atoms with E-state index < -0.39 is 0 Å². The highest BCUT2D eigenvalue weighted by Crippen LogP contribution is 2.30. The van der Waals surface area contributed by atoms with E-state index in [2.05, 4.69) is 12.2 Å². The smallest absolute Gasteiger partial charge is 0.242 e. The lowest BCUT2D eigenvalue weighted by atomic mass is 9.84. The first-order valence-corrected chi connectivity index (χ1v) is 7.18. The fourth-order valence-electron chi connectivity index (χ4n) is 3.25. The summed E-state index contributed by atoms with van der Waals surface area (Å²) in [5.41, 5.74) is -0.229. The van der Waals surface area contributed by atoms with E-state index in [4.69, 9.17) is 0 Å². The van der Waals surface area contributed by atoms with Crippen LogP contribution in [0.1, 0.15) is 51.9 Å². The summed E-state index contributed by atoms with van der Waals surface area (Å²) in [6, 6.07) is 0. The first-order chi connectivity index (χ1) is 8.18. The lowest BCUT2D eigenvalue weighted by Gasteiger charge is -2.36. The Hall–Kier alpha value is -0.570. The van der Waals surface area contributed by atoms with Crippen molar-refractivity contribution in [3.8, 4) is 0 Å². The number of nitrogens with zero attached hydrogens (tertiary/aromatic N) is 1. The van der Waals surface area contributed by atoms with Crippen molar-refractivity contribution in [3.63, 3.8) is 0 Å². The van der Waals surface area contributed by atoms with E-state index in [0.29, 0.717) is 5.91 Å². The van der Waals surface area contributed by atoms with E-state index in [0.717, 1.165) is 44.7 Å². The fourth-order valence-corrected chi connectivity index (χ4v) is 3.25. The van der Waals surface area contributed by atoms with Crippen molar-refractivity contribution in [2.75, 3.05) is 20.1 Å². The Bertz CT molecular complexity index is 267. The molecule has 1 aliphatic heterocycles. The molecule has 17 heavy (non-hydrogen) atoms. The predicted molar refractivity (Wildman–Crippen MR) is 69.9 cm³/mol. The third kappa shape index (κ3) is 2.65. The van der Waals surface area contributed by atoms with Gasteiger partial charge < -0.3 is 10.2 Å². The van der Waals surface area contributed by atoms with Gasteiger partial charge in [0.2, 0.25) is 5.91 Å². The van der Waals surface area contributed by atoms with Crippen LogP contribution in [-0.4, -0.2) is 36.5 Å². The topological polar surface area (TPSA) is 32.3 Å². The molecule has 1 atom stereocenters. The Morgan fingerprint density at radius 2 is 2.18 bits per heavy atom. The van der Waals surface area contributed by atoms with Crippen LogP contribution in [0.5, 0.6) is 0 Å². The molecular weight excluding hydrogens is 212 g/mol. The number of likely N-dealkylation sites (N-methyl/N-ethyl adjacent to an activating group) is 1. The molecule has 1 heterocycles. The molecule has 0 aromatic heterocycles. The highest BCUT2D eigenvalue weighted by molar-refractivity contribution is 5.86. The molecule has 1 saturated heterocycles. The highest BCUT2D eigenvalue weighted by Gasteiger charge is 2.42. The molecule has 2 aliphatic rings. The van der Waals surface area contributed by atoms with Crippen LogP contribution < -0.4 is 5.32 Å². The van der Waals surface area contributed by atoms with Gasteiger partial charge in [0.1, 0.15) is 0 Å². The molecule has 2 rings (SSSR count). The molecule has 1 unspecified atom stereocenters. The largest absolute Gasteiger partial charge is 0.344 e. The number of hydrogen-bond acceptors (Lipinski definition) is 2. The summed E-state index contributed by atoms with van der Waals surface area (Å²) in [4.78, 5) is 14.6. The molecule has 0 aromatic rings. The van der Waals surface area contributed by atoms with Crippen LogP contribution in [0, 0.1) is 5.92 Å². The molecule has 0 bridgehead atoms. The quantitative estimate of drug-likeness (QED) is 0.796. The zero-order valence-electron chi connectivity index (χ0n) is 11.3. The molecule has 0 aromatic carbocycles. The standard InChI is InChI=1S/C14H26N2O/c1-3-8-14(9-5-10-15-14)13(17)16(2)11-12-6-4-7-12/h12,15H,3-11H2,1-2H3. The zero-order chi connectivity index (χ0) is 12.3. The molecule has 1 amide bonds. The Labute approximate surface area is 105 Å². The highest BCUT2D eigenvalue weighted by atomic mass is 16.2. The van der Waals surface area contributed by atoms with E-state index in [1.807, 2.05) is 11.9 Å². The van der Waals surface area contributed by atoms with Crippen LogP contribution in [0.3, 0.4) is 0 Å². The molecule has 2 fully saturated rings. The minimum atomic E-state index is -0.229. The Morgan fingerprint density at radius 1 is 1.41 bits per heavy atom. The monoisotopic (exact) mass is 238 g/mol. The summed E-state index contributed by atoms with van der Waals surface area (Å²) in [6.45, 7) is 4.13. The normalized spacial score (nSPS) is 29.1. The Kier molecular flexibility index (Phi) is 4.08. The molecule has 3 nitrogen and oxygen atoms in total. The number of hydrogen-bond donors (Lipinski definition) is 1. The van der Waals surface area contributed by atoms with Gasteiger partial charge in [-0.2, -0.15) is 0 Å². The third-order valence-electron chi connectivity index (χ3n) is 4.43. The Balaban J connectivity index is 1.94. The molecule has 1 saturated carbocycles. The SMILES string of the molecule is CCCC1(C(=O)N(C)CC2CCC2)CCCN1. The van der Waals surface area contributed by atoms with Gasteiger partial charge in [0.15, 0.2) is 0 Å². The van der Waals surface area contributed by atoms with Crippen LogP contribution in [-0.2, 0) is 4.79 Å².